The van der Waals surface area contributed by atoms with Crippen LogP contribution in [0, 0.1) is 11.3 Å². The Morgan fingerprint density at radius 2 is 2.04 bits per heavy atom. The van der Waals surface area contributed by atoms with Crippen LogP contribution in [0.5, 0.6) is 0 Å². The molecule has 1 saturated heterocycles. The van der Waals surface area contributed by atoms with Gasteiger partial charge < -0.3 is 5.32 Å². The zero-order valence-electron chi connectivity index (χ0n) is 16.8. The van der Waals surface area contributed by atoms with Gasteiger partial charge in [0, 0.05) is 18.3 Å². The summed E-state index contributed by atoms with van der Waals surface area (Å²) in [6.07, 6.45) is 2.83. The van der Waals surface area contributed by atoms with Gasteiger partial charge in [-0.05, 0) is 37.5 Å². The van der Waals surface area contributed by atoms with E-state index in [2.05, 4.69) is 49.1 Å². The summed E-state index contributed by atoms with van der Waals surface area (Å²) < 4.78 is 0. The third kappa shape index (κ3) is 4.56. The molecule has 7 nitrogen and oxygen atoms in total. The SMILES string of the molecule is CCCCNC(=O)CSC1=NC2NNC(C)C2C(=N)N1c1ccc(CC)cc1. The lowest BCUT2D eigenvalue weighted by Gasteiger charge is -2.36. The van der Waals surface area contributed by atoms with E-state index in [1.807, 2.05) is 17.0 Å². The molecule has 0 aliphatic carbocycles. The summed E-state index contributed by atoms with van der Waals surface area (Å²) in [6, 6.07) is 8.35. The van der Waals surface area contributed by atoms with Crippen molar-refractivity contribution in [3.8, 4) is 0 Å². The Balaban J connectivity index is 1.79. The number of unbranched alkanes of at least 4 members (excludes halogenated alkanes) is 1. The number of carbonyl (C=O) groups excluding carboxylic acids is 1. The van der Waals surface area contributed by atoms with Crippen LogP contribution in [0.3, 0.4) is 0 Å². The molecule has 152 valence electrons. The Morgan fingerprint density at radius 1 is 1.29 bits per heavy atom. The summed E-state index contributed by atoms with van der Waals surface area (Å²) in [5.41, 5.74) is 8.53. The summed E-state index contributed by atoms with van der Waals surface area (Å²) in [5.74, 6) is 0.749. The van der Waals surface area contributed by atoms with Crippen molar-refractivity contribution >= 4 is 34.4 Å². The number of fused-ring (bicyclic) bond motifs is 1. The second-order valence-corrected chi connectivity index (χ2v) is 8.13. The van der Waals surface area contributed by atoms with E-state index in [1.165, 1.54) is 17.3 Å². The standard InChI is InChI=1S/C20H30N6OS/c1-4-6-11-22-16(27)12-28-20-23-19-17(13(3)24-25-19)18(21)26(20)15-9-7-14(5-2)8-10-15/h7-10,13,17,19,21,24-25H,4-6,11-12H2,1-3H3,(H,22,27). The van der Waals surface area contributed by atoms with E-state index >= 15 is 0 Å². The fourth-order valence-electron chi connectivity index (χ4n) is 3.42. The zero-order chi connectivity index (χ0) is 20.1. The van der Waals surface area contributed by atoms with Gasteiger partial charge in [-0.25, -0.2) is 10.4 Å². The number of benzene rings is 1. The first-order valence-electron chi connectivity index (χ1n) is 10.0. The number of nitrogens with one attached hydrogen (secondary N) is 4. The number of anilines is 1. The van der Waals surface area contributed by atoms with Crippen LogP contribution in [0.4, 0.5) is 5.69 Å². The predicted molar refractivity (Wildman–Crippen MR) is 117 cm³/mol. The van der Waals surface area contributed by atoms with Crippen LogP contribution >= 0.6 is 11.8 Å². The molecule has 3 rings (SSSR count). The molecular formula is C20H30N6OS. The lowest BCUT2D eigenvalue weighted by atomic mass is 9.97. The summed E-state index contributed by atoms with van der Waals surface area (Å²) in [7, 11) is 0. The number of rotatable bonds is 7. The van der Waals surface area contributed by atoms with Gasteiger partial charge in [0.2, 0.25) is 5.91 Å². The van der Waals surface area contributed by atoms with Gasteiger partial charge in [-0.3, -0.25) is 20.5 Å². The molecule has 28 heavy (non-hydrogen) atoms. The molecule has 0 bridgehead atoms. The number of hydrazine groups is 1. The molecule has 3 unspecified atom stereocenters. The number of amides is 1. The highest BCUT2D eigenvalue weighted by Crippen LogP contribution is 2.31. The lowest BCUT2D eigenvalue weighted by molar-refractivity contribution is -0.118. The minimum atomic E-state index is -0.181. The maximum Gasteiger partial charge on any atom is 0.230 e. The Kier molecular flexibility index (Phi) is 7.09. The molecular weight excluding hydrogens is 372 g/mol. The van der Waals surface area contributed by atoms with Crippen molar-refractivity contribution in [2.24, 2.45) is 10.9 Å². The van der Waals surface area contributed by atoms with E-state index in [-0.39, 0.29) is 24.0 Å². The topological polar surface area (TPSA) is 92.6 Å². The van der Waals surface area contributed by atoms with E-state index in [9.17, 15) is 4.79 Å². The van der Waals surface area contributed by atoms with Crippen LogP contribution in [0.15, 0.2) is 29.3 Å². The first-order valence-corrected chi connectivity index (χ1v) is 11.0. The fourth-order valence-corrected chi connectivity index (χ4v) is 4.30. The van der Waals surface area contributed by atoms with Crippen LogP contribution in [0.2, 0.25) is 0 Å². The van der Waals surface area contributed by atoms with Crippen molar-refractivity contribution in [1.29, 1.82) is 5.41 Å². The molecule has 0 radical (unpaired) electrons. The van der Waals surface area contributed by atoms with Crippen molar-refractivity contribution < 1.29 is 4.79 Å². The zero-order valence-corrected chi connectivity index (χ0v) is 17.6. The maximum atomic E-state index is 12.2. The summed E-state index contributed by atoms with van der Waals surface area (Å²) in [6.45, 7) is 6.98. The second kappa shape index (κ2) is 9.54. The number of carbonyl (C=O) groups is 1. The molecule has 3 atom stereocenters. The highest BCUT2D eigenvalue weighted by Gasteiger charge is 2.43. The average molecular weight is 403 g/mol. The lowest BCUT2D eigenvalue weighted by Crippen LogP contribution is -2.50. The highest BCUT2D eigenvalue weighted by molar-refractivity contribution is 8.14. The van der Waals surface area contributed by atoms with Crippen LogP contribution < -0.4 is 21.1 Å². The monoisotopic (exact) mass is 402 g/mol. The first-order chi connectivity index (χ1) is 13.5. The van der Waals surface area contributed by atoms with Gasteiger partial charge in [-0.15, -0.1) is 0 Å². The van der Waals surface area contributed by atoms with Crippen molar-refractivity contribution in [2.45, 2.75) is 52.2 Å². The molecule has 0 spiro atoms. The molecule has 0 aromatic heterocycles. The van der Waals surface area contributed by atoms with E-state index in [0.29, 0.717) is 23.3 Å². The number of hydrogen-bond acceptors (Lipinski definition) is 6. The van der Waals surface area contributed by atoms with Crippen molar-refractivity contribution in [3.63, 3.8) is 0 Å². The van der Waals surface area contributed by atoms with E-state index < -0.39 is 0 Å². The number of nitrogens with zero attached hydrogens (tertiary/aromatic N) is 2. The van der Waals surface area contributed by atoms with E-state index in [4.69, 9.17) is 10.4 Å². The number of hydrogen-bond donors (Lipinski definition) is 4. The summed E-state index contributed by atoms with van der Waals surface area (Å²) in [5, 5.41) is 12.5. The van der Waals surface area contributed by atoms with Gasteiger partial charge in [0.05, 0.1) is 11.7 Å². The Hall–Kier alpha value is -1.90. The van der Waals surface area contributed by atoms with Gasteiger partial charge >= 0.3 is 0 Å². The van der Waals surface area contributed by atoms with Gasteiger partial charge in [0.15, 0.2) is 5.17 Å². The predicted octanol–water partition coefficient (Wildman–Crippen LogP) is 2.49. The molecule has 8 heteroatoms. The number of aliphatic imine (C=N–C) groups is 1. The van der Waals surface area contributed by atoms with Gasteiger partial charge in [-0.2, -0.15) is 0 Å². The second-order valence-electron chi connectivity index (χ2n) is 7.19. The molecule has 2 aliphatic rings. The van der Waals surface area contributed by atoms with Crippen LogP contribution in [0.25, 0.3) is 0 Å². The Morgan fingerprint density at radius 3 is 2.71 bits per heavy atom. The number of amidine groups is 2. The average Bonchev–Trinajstić information content (AvgIpc) is 3.08. The molecule has 2 aliphatic heterocycles. The molecule has 1 aromatic carbocycles. The minimum Gasteiger partial charge on any atom is -0.355 e. The van der Waals surface area contributed by atoms with Crippen molar-refractivity contribution in [3.05, 3.63) is 29.8 Å². The van der Waals surface area contributed by atoms with Gasteiger partial charge in [-0.1, -0.05) is 44.2 Å². The van der Waals surface area contributed by atoms with E-state index in [0.717, 1.165) is 24.9 Å². The highest BCUT2D eigenvalue weighted by atomic mass is 32.2. The molecule has 0 saturated carbocycles. The van der Waals surface area contributed by atoms with Gasteiger partial charge in [0.1, 0.15) is 12.0 Å². The van der Waals surface area contributed by atoms with Crippen LogP contribution in [-0.4, -0.2) is 41.4 Å². The van der Waals surface area contributed by atoms with Gasteiger partial charge in [0.25, 0.3) is 0 Å². The van der Waals surface area contributed by atoms with Crippen LogP contribution in [-0.2, 0) is 11.2 Å². The number of thioether (sulfide) groups is 1. The molecule has 2 heterocycles. The molecule has 1 fully saturated rings. The molecule has 1 amide bonds. The molecule has 4 N–H and O–H groups in total. The fraction of sp³-hybridized carbons (Fsp3) is 0.550. The normalized spacial score (nSPS) is 24.1. The quantitative estimate of drug-likeness (QED) is 0.526. The minimum absolute atomic E-state index is 0.00181. The summed E-state index contributed by atoms with van der Waals surface area (Å²) >= 11 is 1.39. The smallest absolute Gasteiger partial charge is 0.230 e. The first kappa shape index (κ1) is 20.8. The van der Waals surface area contributed by atoms with E-state index in [1.54, 1.807) is 0 Å². The summed E-state index contributed by atoms with van der Waals surface area (Å²) in [4.78, 5) is 18.9. The van der Waals surface area contributed by atoms with Crippen molar-refractivity contribution in [1.82, 2.24) is 16.2 Å². The third-order valence-corrected chi connectivity index (χ3v) is 6.08. The Labute approximate surface area is 171 Å². The maximum absolute atomic E-state index is 12.2. The van der Waals surface area contributed by atoms with Crippen molar-refractivity contribution in [2.75, 3.05) is 17.2 Å². The molecule has 1 aromatic rings. The Bertz CT molecular complexity index is 735. The third-order valence-electron chi connectivity index (χ3n) is 5.12. The van der Waals surface area contributed by atoms with Crippen LogP contribution in [0.1, 0.15) is 39.2 Å². The largest absolute Gasteiger partial charge is 0.355 e. The number of aryl methyl sites for hydroxylation is 1.